The molecule has 20 heavy (non-hydrogen) atoms. The van der Waals surface area contributed by atoms with Crippen molar-refractivity contribution >= 4 is 5.97 Å². The molecule has 4 bridgehead atoms. The highest BCUT2D eigenvalue weighted by Crippen LogP contribution is 2.57. The van der Waals surface area contributed by atoms with Gasteiger partial charge in [0.25, 0.3) is 0 Å². The molecule has 0 unspecified atom stereocenters. The molecular weight excluding hydrogens is 254 g/mol. The fourth-order valence-electron chi connectivity index (χ4n) is 5.32. The molecule has 1 aromatic rings. The molecule has 4 fully saturated rings. The number of carbonyl (C=O) groups is 1. The summed E-state index contributed by atoms with van der Waals surface area (Å²) in [4.78, 5) is 14.8. The van der Waals surface area contributed by atoms with Crippen molar-refractivity contribution in [2.75, 3.05) is 0 Å². The summed E-state index contributed by atoms with van der Waals surface area (Å²) in [6.45, 7) is 0. The number of aryl methyl sites for hydroxylation is 1. The van der Waals surface area contributed by atoms with Crippen LogP contribution in [0, 0.1) is 29.6 Å². The van der Waals surface area contributed by atoms with Crippen LogP contribution in [0.25, 0.3) is 0 Å². The second kappa shape index (κ2) is 4.61. The third-order valence-electron chi connectivity index (χ3n) is 5.88. The Morgan fingerprint density at radius 2 is 1.85 bits per heavy atom. The fraction of sp³-hybridized carbons (Fsp3) is 0.750. The first kappa shape index (κ1) is 12.4. The Labute approximate surface area is 118 Å². The van der Waals surface area contributed by atoms with Crippen LogP contribution in [0.5, 0.6) is 0 Å². The van der Waals surface area contributed by atoms with Crippen LogP contribution in [0.4, 0.5) is 0 Å². The van der Waals surface area contributed by atoms with Crippen molar-refractivity contribution in [3.05, 3.63) is 17.8 Å². The number of nitrogens with zero attached hydrogens (tertiary/aromatic N) is 1. The molecule has 0 radical (unpaired) electrons. The Morgan fingerprint density at radius 3 is 2.40 bits per heavy atom. The van der Waals surface area contributed by atoms with E-state index in [0.717, 1.165) is 42.4 Å². The van der Waals surface area contributed by atoms with Crippen LogP contribution in [0.15, 0.2) is 10.7 Å². The van der Waals surface area contributed by atoms with E-state index in [-0.39, 0.29) is 5.69 Å². The average molecular weight is 275 g/mol. The van der Waals surface area contributed by atoms with Crippen molar-refractivity contribution in [3.8, 4) is 0 Å². The summed E-state index contributed by atoms with van der Waals surface area (Å²) in [5, 5.41) is 8.86. The highest BCUT2D eigenvalue weighted by Gasteiger charge is 2.47. The zero-order valence-corrected chi connectivity index (χ0v) is 11.6. The molecule has 0 spiro atoms. The molecule has 1 heterocycles. The lowest BCUT2D eigenvalue weighted by atomic mass is 9.51. The van der Waals surface area contributed by atoms with Crippen molar-refractivity contribution in [1.82, 2.24) is 4.98 Å². The van der Waals surface area contributed by atoms with Gasteiger partial charge < -0.3 is 9.52 Å². The second-order valence-electron chi connectivity index (χ2n) is 7.06. The SMILES string of the molecule is O=C(O)c1coc(CCC2C3CC4CC(C3)CC2C4)n1. The van der Waals surface area contributed by atoms with Gasteiger partial charge >= 0.3 is 5.97 Å². The van der Waals surface area contributed by atoms with Crippen molar-refractivity contribution in [3.63, 3.8) is 0 Å². The third kappa shape index (κ3) is 2.05. The number of oxazole rings is 1. The van der Waals surface area contributed by atoms with Crippen LogP contribution in [0.2, 0.25) is 0 Å². The molecule has 0 atom stereocenters. The summed E-state index contributed by atoms with van der Waals surface area (Å²) in [5.74, 6) is 4.26. The van der Waals surface area contributed by atoms with E-state index in [2.05, 4.69) is 4.98 Å². The Kier molecular flexibility index (Phi) is 2.86. The zero-order valence-electron chi connectivity index (χ0n) is 11.6. The molecule has 0 amide bonds. The van der Waals surface area contributed by atoms with Crippen molar-refractivity contribution < 1.29 is 14.3 Å². The summed E-state index contributed by atoms with van der Waals surface area (Å²) in [6, 6.07) is 0. The van der Waals surface area contributed by atoms with Gasteiger partial charge in [0.1, 0.15) is 6.26 Å². The van der Waals surface area contributed by atoms with E-state index in [9.17, 15) is 4.79 Å². The number of hydrogen-bond donors (Lipinski definition) is 1. The molecule has 4 saturated carbocycles. The second-order valence-corrected chi connectivity index (χ2v) is 7.06. The van der Waals surface area contributed by atoms with E-state index in [4.69, 9.17) is 9.52 Å². The molecule has 1 N–H and O–H groups in total. The van der Waals surface area contributed by atoms with E-state index in [1.54, 1.807) is 0 Å². The molecule has 5 rings (SSSR count). The summed E-state index contributed by atoms with van der Waals surface area (Å²) < 4.78 is 5.28. The molecule has 0 aliphatic heterocycles. The first-order valence-corrected chi connectivity index (χ1v) is 7.86. The van der Waals surface area contributed by atoms with Gasteiger partial charge in [0.15, 0.2) is 11.6 Å². The van der Waals surface area contributed by atoms with Crippen molar-refractivity contribution in [2.24, 2.45) is 29.6 Å². The summed E-state index contributed by atoms with van der Waals surface area (Å²) in [6.07, 6.45) is 10.4. The normalized spacial score (nSPS) is 38.3. The van der Waals surface area contributed by atoms with E-state index in [1.165, 1.54) is 38.4 Å². The van der Waals surface area contributed by atoms with Gasteiger partial charge in [-0.1, -0.05) is 0 Å². The van der Waals surface area contributed by atoms with Gasteiger partial charge in [-0.25, -0.2) is 9.78 Å². The lowest BCUT2D eigenvalue weighted by molar-refractivity contribution is -0.0399. The monoisotopic (exact) mass is 275 g/mol. The molecule has 1 aromatic heterocycles. The van der Waals surface area contributed by atoms with E-state index in [0.29, 0.717) is 5.89 Å². The first-order valence-electron chi connectivity index (χ1n) is 7.86. The highest BCUT2D eigenvalue weighted by atomic mass is 16.4. The summed E-state index contributed by atoms with van der Waals surface area (Å²) >= 11 is 0. The predicted molar refractivity (Wildman–Crippen MR) is 72.3 cm³/mol. The number of aromatic carboxylic acids is 1. The van der Waals surface area contributed by atoms with Gasteiger partial charge in [-0.2, -0.15) is 0 Å². The quantitative estimate of drug-likeness (QED) is 0.915. The van der Waals surface area contributed by atoms with Crippen LogP contribution >= 0.6 is 0 Å². The molecule has 108 valence electrons. The lowest BCUT2D eigenvalue weighted by Crippen LogP contribution is -2.45. The summed E-state index contributed by atoms with van der Waals surface area (Å²) in [5.41, 5.74) is 0.0325. The minimum Gasteiger partial charge on any atom is -0.476 e. The topological polar surface area (TPSA) is 63.3 Å². The molecule has 4 aliphatic rings. The Morgan fingerprint density at radius 1 is 1.20 bits per heavy atom. The predicted octanol–water partition coefficient (Wildman–Crippen LogP) is 3.38. The molecule has 4 aliphatic carbocycles. The highest BCUT2D eigenvalue weighted by molar-refractivity contribution is 5.84. The maximum Gasteiger partial charge on any atom is 0.357 e. The van der Waals surface area contributed by atoms with Crippen molar-refractivity contribution in [1.29, 1.82) is 0 Å². The molecule has 0 aromatic carbocycles. The molecule has 4 nitrogen and oxygen atoms in total. The molecular formula is C16H21NO3. The largest absolute Gasteiger partial charge is 0.476 e. The molecule has 0 saturated heterocycles. The third-order valence-corrected chi connectivity index (χ3v) is 5.88. The Bertz CT molecular complexity index is 494. The lowest BCUT2D eigenvalue weighted by Gasteiger charge is -2.54. The maximum absolute atomic E-state index is 10.8. The average Bonchev–Trinajstić information content (AvgIpc) is 2.86. The van der Waals surface area contributed by atoms with Gasteiger partial charge in [0.2, 0.25) is 0 Å². The van der Waals surface area contributed by atoms with Crippen LogP contribution in [-0.4, -0.2) is 16.1 Å². The Hall–Kier alpha value is -1.32. The van der Waals surface area contributed by atoms with E-state index in [1.807, 2.05) is 0 Å². The Balaban J connectivity index is 1.40. The summed E-state index contributed by atoms with van der Waals surface area (Å²) in [7, 11) is 0. The van der Waals surface area contributed by atoms with E-state index < -0.39 is 5.97 Å². The van der Waals surface area contributed by atoms with Gasteiger partial charge in [0.05, 0.1) is 0 Å². The number of carboxylic acids is 1. The molecule has 4 heteroatoms. The maximum atomic E-state index is 10.8. The minimum atomic E-state index is -1.00. The van der Waals surface area contributed by atoms with Gasteiger partial charge in [-0.3, -0.25) is 0 Å². The standard InChI is InChI=1S/C16H21NO3/c18-16(19)14-8-20-15(17-14)2-1-13-11-4-9-3-10(6-11)7-12(13)5-9/h8-13H,1-7H2,(H,18,19). The minimum absolute atomic E-state index is 0.0325. The first-order chi connectivity index (χ1) is 9.69. The number of rotatable bonds is 4. The van der Waals surface area contributed by atoms with Gasteiger partial charge in [-0.05, 0) is 68.1 Å². The smallest absolute Gasteiger partial charge is 0.357 e. The van der Waals surface area contributed by atoms with E-state index >= 15 is 0 Å². The van der Waals surface area contributed by atoms with Gasteiger partial charge in [0, 0.05) is 6.42 Å². The fourth-order valence-corrected chi connectivity index (χ4v) is 5.32. The number of carboxylic acid groups (broad SMARTS) is 1. The van der Waals surface area contributed by atoms with Crippen LogP contribution < -0.4 is 0 Å². The van der Waals surface area contributed by atoms with Crippen LogP contribution in [0.3, 0.4) is 0 Å². The zero-order chi connectivity index (χ0) is 13.7. The van der Waals surface area contributed by atoms with Crippen LogP contribution in [-0.2, 0) is 6.42 Å². The van der Waals surface area contributed by atoms with Crippen molar-refractivity contribution in [2.45, 2.75) is 44.9 Å². The van der Waals surface area contributed by atoms with Crippen LogP contribution in [0.1, 0.15) is 54.9 Å². The number of aromatic nitrogens is 1. The number of hydrogen-bond acceptors (Lipinski definition) is 3. The van der Waals surface area contributed by atoms with Gasteiger partial charge in [-0.15, -0.1) is 0 Å².